The number of hydrogen-bond acceptors (Lipinski definition) is 2. The third-order valence-corrected chi connectivity index (χ3v) is 3.00. The Balaban J connectivity index is 2.07. The van der Waals surface area contributed by atoms with Crippen LogP contribution in [0.3, 0.4) is 0 Å². The lowest BCUT2D eigenvalue weighted by Gasteiger charge is -2.08. The summed E-state index contributed by atoms with van der Waals surface area (Å²) >= 11 is 0. The first kappa shape index (κ1) is 12.3. The van der Waals surface area contributed by atoms with Crippen molar-refractivity contribution < 1.29 is 4.79 Å². The normalized spacial score (nSPS) is 10.1. The van der Waals surface area contributed by atoms with E-state index >= 15 is 0 Å². The number of amides is 1. The molecule has 1 amide bonds. The van der Waals surface area contributed by atoms with Crippen molar-refractivity contribution in [1.82, 2.24) is 10.3 Å². The molecule has 2 rings (SSSR count). The fourth-order valence-electron chi connectivity index (χ4n) is 1.76. The van der Waals surface area contributed by atoms with Gasteiger partial charge < -0.3 is 5.32 Å². The predicted molar refractivity (Wildman–Crippen MR) is 71.3 cm³/mol. The van der Waals surface area contributed by atoms with Gasteiger partial charge >= 0.3 is 0 Å². The summed E-state index contributed by atoms with van der Waals surface area (Å²) in [6, 6.07) is 11.6. The third kappa shape index (κ3) is 2.74. The van der Waals surface area contributed by atoms with Crippen molar-refractivity contribution >= 4 is 5.91 Å². The summed E-state index contributed by atoms with van der Waals surface area (Å²) in [5.41, 5.74) is 3.61. The van der Waals surface area contributed by atoms with E-state index in [2.05, 4.69) is 10.3 Å². The number of carbonyl (C=O) groups excluding carboxylic acids is 1. The Kier molecular flexibility index (Phi) is 3.72. The smallest absolute Gasteiger partial charge is 0.251 e. The number of benzene rings is 1. The standard InChI is InChI=1S/C15H16N2O/c1-11-12(2)16-9-8-14(11)15(18)17-10-13-6-4-3-5-7-13/h3-9H,10H2,1-2H3,(H,17,18). The molecule has 2 aromatic rings. The molecule has 0 aliphatic rings. The van der Waals surface area contributed by atoms with Crippen LogP contribution in [0.2, 0.25) is 0 Å². The zero-order chi connectivity index (χ0) is 13.0. The molecule has 1 aromatic heterocycles. The highest BCUT2D eigenvalue weighted by atomic mass is 16.1. The van der Waals surface area contributed by atoms with Crippen molar-refractivity contribution in [2.75, 3.05) is 0 Å². The van der Waals surface area contributed by atoms with Crippen LogP contribution in [0.4, 0.5) is 0 Å². The lowest BCUT2D eigenvalue weighted by atomic mass is 10.1. The van der Waals surface area contributed by atoms with Gasteiger partial charge in [-0.2, -0.15) is 0 Å². The number of rotatable bonds is 3. The van der Waals surface area contributed by atoms with Crippen LogP contribution in [0.15, 0.2) is 42.6 Å². The first-order valence-corrected chi connectivity index (χ1v) is 5.93. The Hall–Kier alpha value is -2.16. The van der Waals surface area contributed by atoms with Crippen molar-refractivity contribution in [2.45, 2.75) is 20.4 Å². The molecule has 1 N–H and O–H groups in total. The van der Waals surface area contributed by atoms with Crippen molar-refractivity contribution in [3.63, 3.8) is 0 Å². The molecule has 3 heteroatoms. The van der Waals surface area contributed by atoms with Gasteiger partial charge in [-0.1, -0.05) is 30.3 Å². The molecule has 0 saturated carbocycles. The SMILES string of the molecule is Cc1nccc(C(=O)NCc2ccccc2)c1C. The quantitative estimate of drug-likeness (QED) is 0.896. The number of nitrogens with one attached hydrogen (secondary N) is 1. The number of carbonyl (C=O) groups is 1. The van der Waals surface area contributed by atoms with Gasteiger partial charge in [-0.3, -0.25) is 9.78 Å². The van der Waals surface area contributed by atoms with Gasteiger partial charge in [0.05, 0.1) is 0 Å². The molecule has 0 aliphatic carbocycles. The maximum atomic E-state index is 12.1. The van der Waals surface area contributed by atoms with Crippen LogP contribution in [-0.4, -0.2) is 10.9 Å². The molecule has 0 saturated heterocycles. The van der Waals surface area contributed by atoms with Crippen LogP contribution in [0.25, 0.3) is 0 Å². The zero-order valence-corrected chi connectivity index (χ0v) is 10.6. The maximum absolute atomic E-state index is 12.1. The molecule has 3 nitrogen and oxygen atoms in total. The average Bonchev–Trinajstić information content (AvgIpc) is 2.40. The van der Waals surface area contributed by atoms with E-state index in [0.717, 1.165) is 16.8 Å². The van der Waals surface area contributed by atoms with Crippen LogP contribution in [-0.2, 0) is 6.54 Å². The highest BCUT2D eigenvalue weighted by molar-refractivity contribution is 5.95. The van der Waals surface area contributed by atoms with Crippen LogP contribution in [0.5, 0.6) is 0 Å². The Morgan fingerprint density at radius 1 is 1.17 bits per heavy atom. The fraction of sp³-hybridized carbons (Fsp3) is 0.200. The van der Waals surface area contributed by atoms with Gasteiger partial charge in [0.25, 0.3) is 5.91 Å². The van der Waals surface area contributed by atoms with Crippen molar-refractivity contribution in [1.29, 1.82) is 0 Å². The number of aryl methyl sites for hydroxylation is 1. The summed E-state index contributed by atoms with van der Waals surface area (Å²) in [4.78, 5) is 16.2. The molecule has 0 spiro atoms. The summed E-state index contributed by atoms with van der Waals surface area (Å²) in [5.74, 6) is -0.0538. The lowest BCUT2D eigenvalue weighted by Crippen LogP contribution is -2.23. The Labute approximate surface area is 107 Å². The van der Waals surface area contributed by atoms with E-state index in [1.807, 2.05) is 44.2 Å². The molecular formula is C15H16N2O. The van der Waals surface area contributed by atoms with E-state index in [-0.39, 0.29) is 5.91 Å². The second kappa shape index (κ2) is 5.45. The number of hydrogen-bond donors (Lipinski definition) is 1. The molecule has 0 bridgehead atoms. The van der Waals surface area contributed by atoms with E-state index in [0.29, 0.717) is 12.1 Å². The van der Waals surface area contributed by atoms with E-state index in [9.17, 15) is 4.79 Å². The summed E-state index contributed by atoms with van der Waals surface area (Å²) in [7, 11) is 0. The molecule has 92 valence electrons. The molecule has 1 heterocycles. The molecular weight excluding hydrogens is 224 g/mol. The van der Waals surface area contributed by atoms with Crippen molar-refractivity contribution in [2.24, 2.45) is 0 Å². The Bertz CT molecular complexity index is 550. The van der Waals surface area contributed by atoms with Gasteiger partial charge in [-0.05, 0) is 31.0 Å². The summed E-state index contributed by atoms with van der Waals surface area (Å²) in [6.45, 7) is 4.36. The minimum absolute atomic E-state index is 0.0538. The average molecular weight is 240 g/mol. The molecule has 18 heavy (non-hydrogen) atoms. The minimum Gasteiger partial charge on any atom is -0.348 e. The largest absolute Gasteiger partial charge is 0.348 e. The fourth-order valence-corrected chi connectivity index (χ4v) is 1.76. The van der Waals surface area contributed by atoms with Crippen LogP contribution in [0, 0.1) is 13.8 Å². The highest BCUT2D eigenvalue weighted by Gasteiger charge is 2.10. The van der Waals surface area contributed by atoms with Crippen LogP contribution >= 0.6 is 0 Å². The Morgan fingerprint density at radius 2 is 1.89 bits per heavy atom. The second-order valence-electron chi connectivity index (χ2n) is 4.24. The Morgan fingerprint density at radius 3 is 2.61 bits per heavy atom. The van der Waals surface area contributed by atoms with Gasteiger partial charge in [0.15, 0.2) is 0 Å². The monoisotopic (exact) mass is 240 g/mol. The van der Waals surface area contributed by atoms with E-state index in [4.69, 9.17) is 0 Å². The van der Waals surface area contributed by atoms with Crippen LogP contribution < -0.4 is 5.32 Å². The molecule has 0 unspecified atom stereocenters. The molecule has 0 radical (unpaired) electrons. The second-order valence-corrected chi connectivity index (χ2v) is 4.24. The zero-order valence-electron chi connectivity index (χ0n) is 10.6. The van der Waals surface area contributed by atoms with Gasteiger partial charge in [-0.25, -0.2) is 0 Å². The first-order valence-electron chi connectivity index (χ1n) is 5.93. The predicted octanol–water partition coefficient (Wildman–Crippen LogP) is 2.63. The van der Waals surface area contributed by atoms with Gasteiger partial charge in [0, 0.05) is 24.0 Å². The summed E-state index contributed by atoms with van der Waals surface area (Å²) in [5, 5.41) is 2.92. The van der Waals surface area contributed by atoms with Crippen LogP contribution in [0.1, 0.15) is 27.2 Å². The summed E-state index contributed by atoms with van der Waals surface area (Å²) in [6.07, 6.45) is 1.67. The van der Waals surface area contributed by atoms with E-state index in [1.165, 1.54) is 0 Å². The minimum atomic E-state index is -0.0538. The van der Waals surface area contributed by atoms with Gasteiger partial charge in [0.2, 0.25) is 0 Å². The molecule has 1 aromatic carbocycles. The molecule has 0 aliphatic heterocycles. The maximum Gasteiger partial charge on any atom is 0.251 e. The van der Waals surface area contributed by atoms with E-state index in [1.54, 1.807) is 12.3 Å². The topological polar surface area (TPSA) is 42.0 Å². The molecule has 0 atom stereocenters. The lowest BCUT2D eigenvalue weighted by molar-refractivity contribution is 0.0950. The van der Waals surface area contributed by atoms with Gasteiger partial charge in [-0.15, -0.1) is 0 Å². The van der Waals surface area contributed by atoms with Crippen molar-refractivity contribution in [3.05, 3.63) is 65.0 Å². The molecule has 0 fully saturated rings. The van der Waals surface area contributed by atoms with Crippen molar-refractivity contribution in [3.8, 4) is 0 Å². The highest BCUT2D eigenvalue weighted by Crippen LogP contribution is 2.10. The van der Waals surface area contributed by atoms with E-state index < -0.39 is 0 Å². The first-order chi connectivity index (χ1) is 8.68. The number of aromatic nitrogens is 1. The number of pyridine rings is 1. The summed E-state index contributed by atoms with van der Waals surface area (Å²) < 4.78 is 0. The number of nitrogens with zero attached hydrogens (tertiary/aromatic N) is 1. The van der Waals surface area contributed by atoms with Gasteiger partial charge in [0.1, 0.15) is 0 Å². The third-order valence-electron chi connectivity index (χ3n) is 3.00.